The Kier molecular flexibility index (Phi) is 13.3. The van der Waals surface area contributed by atoms with Gasteiger partial charge in [0.15, 0.2) is 0 Å². The molecule has 232 valence electrons. The molecule has 4 rings (SSSR count). The van der Waals surface area contributed by atoms with Gasteiger partial charge in [0.25, 0.3) is 0 Å². The maximum atomic E-state index is 11.9. The minimum absolute atomic E-state index is 0.122. The molecular weight excluding hydrogens is 590 g/mol. The second-order valence-electron chi connectivity index (χ2n) is 11.2. The van der Waals surface area contributed by atoms with Gasteiger partial charge < -0.3 is 10.6 Å². The summed E-state index contributed by atoms with van der Waals surface area (Å²) in [6, 6.07) is 44.1. The Morgan fingerprint density at radius 3 is 1.00 bits per heavy atom. The lowest BCUT2D eigenvalue weighted by Gasteiger charge is -2.31. The van der Waals surface area contributed by atoms with E-state index in [2.05, 4.69) is 145 Å². The van der Waals surface area contributed by atoms with Crippen molar-refractivity contribution < 1.29 is 9.59 Å². The molecule has 2 N–H and O–H groups in total. The SMILES string of the molecule is C=CC(=O)NCCC[P+](CCC[P+](CCCNC(=O)C=C)(c1ccccc1)c1ccccc1)(c1ccccc1)c1ccccc1. The summed E-state index contributed by atoms with van der Waals surface area (Å²) in [5, 5.41) is 11.7. The average Bonchev–Trinajstić information content (AvgIpc) is 3.11. The first kappa shape index (κ1) is 34.0. The fourth-order valence-electron chi connectivity index (χ4n) is 6.28. The third kappa shape index (κ3) is 9.10. The monoisotopic (exact) mass is 636 g/mol. The van der Waals surface area contributed by atoms with E-state index in [1.165, 1.54) is 33.4 Å². The Labute approximate surface area is 270 Å². The minimum Gasteiger partial charge on any atom is -0.352 e. The molecule has 2 amide bonds. The van der Waals surface area contributed by atoms with E-state index in [1.807, 2.05) is 0 Å². The number of hydrogen-bond donors (Lipinski definition) is 2. The zero-order chi connectivity index (χ0) is 31.8. The fourth-order valence-corrected chi connectivity index (χ4v) is 15.4. The summed E-state index contributed by atoms with van der Waals surface area (Å²) >= 11 is 0. The highest BCUT2D eigenvalue weighted by molar-refractivity contribution is 7.90. The first-order chi connectivity index (χ1) is 22.0. The van der Waals surface area contributed by atoms with Gasteiger partial charge in [0, 0.05) is 19.5 Å². The summed E-state index contributed by atoms with van der Waals surface area (Å²) in [6.45, 7) is 8.48. The number of hydrogen-bond acceptors (Lipinski definition) is 2. The van der Waals surface area contributed by atoms with E-state index in [0.29, 0.717) is 13.1 Å². The van der Waals surface area contributed by atoms with Gasteiger partial charge in [0.2, 0.25) is 11.8 Å². The molecule has 0 fully saturated rings. The summed E-state index contributed by atoms with van der Waals surface area (Å²) in [7, 11) is -3.63. The molecule has 4 nitrogen and oxygen atoms in total. The number of carbonyl (C=O) groups excluding carboxylic acids is 2. The molecule has 0 aliphatic carbocycles. The number of carbonyl (C=O) groups is 2. The zero-order valence-electron chi connectivity index (χ0n) is 26.2. The highest BCUT2D eigenvalue weighted by Crippen LogP contribution is 2.61. The quantitative estimate of drug-likeness (QED) is 0.0789. The molecule has 45 heavy (non-hydrogen) atoms. The second kappa shape index (κ2) is 17.6. The molecule has 0 spiro atoms. The standard InChI is InChI=1S/C39H44N2O2P2/c1-3-38(42)40-28-17-30-44(34-20-9-5-10-21-34,35-22-11-6-12-23-35)32-19-33-45(36-24-13-7-14-25-36,37-26-15-8-16-27-37)31-18-29-41-39(43)4-2/h3-16,20-27H,1-2,17-19,28-33H2/p+2. The summed E-state index contributed by atoms with van der Waals surface area (Å²) in [5.41, 5.74) is 0. The normalized spacial score (nSPS) is 11.4. The summed E-state index contributed by atoms with van der Waals surface area (Å²) in [6.07, 6.45) is 9.79. The Bertz CT molecular complexity index is 1300. The van der Waals surface area contributed by atoms with Crippen LogP contribution in [0.5, 0.6) is 0 Å². The molecule has 0 unspecified atom stereocenters. The van der Waals surface area contributed by atoms with Crippen molar-refractivity contribution in [2.45, 2.75) is 19.3 Å². The number of benzene rings is 4. The van der Waals surface area contributed by atoms with Gasteiger partial charge in [-0.05, 0) is 73.5 Å². The molecule has 4 aromatic carbocycles. The highest BCUT2D eigenvalue weighted by Gasteiger charge is 2.46. The predicted molar refractivity (Wildman–Crippen MR) is 198 cm³/mol. The topological polar surface area (TPSA) is 58.2 Å². The van der Waals surface area contributed by atoms with Gasteiger partial charge in [-0.2, -0.15) is 0 Å². The van der Waals surface area contributed by atoms with Gasteiger partial charge in [0.1, 0.15) is 0 Å². The molecule has 0 bridgehead atoms. The molecule has 0 aliphatic rings. The van der Waals surface area contributed by atoms with Gasteiger partial charge in [0.05, 0.1) is 60.4 Å². The lowest BCUT2D eigenvalue weighted by molar-refractivity contribution is -0.117. The van der Waals surface area contributed by atoms with E-state index in [0.717, 1.165) is 43.9 Å². The predicted octanol–water partition coefficient (Wildman–Crippen LogP) is 6.10. The molecule has 0 atom stereocenters. The third-order valence-electron chi connectivity index (χ3n) is 8.48. The zero-order valence-corrected chi connectivity index (χ0v) is 28.0. The number of amides is 2. The van der Waals surface area contributed by atoms with Crippen LogP contribution in [0.2, 0.25) is 0 Å². The number of rotatable bonds is 18. The molecule has 6 heteroatoms. The third-order valence-corrected chi connectivity index (χ3v) is 17.9. The van der Waals surface area contributed by atoms with Crippen LogP contribution in [0.25, 0.3) is 0 Å². The molecule has 0 aromatic heterocycles. The van der Waals surface area contributed by atoms with Crippen molar-refractivity contribution >= 4 is 47.6 Å². The minimum atomic E-state index is -1.81. The van der Waals surface area contributed by atoms with Crippen LogP contribution < -0.4 is 31.9 Å². The maximum absolute atomic E-state index is 11.9. The van der Waals surface area contributed by atoms with Crippen LogP contribution in [0.3, 0.4) is 0 Å². The van der Waals surface area contributed by atoms with Crippen LogP contribution in [0.1, 0.15) is 19.3 Å². The van der Waals surface area contributed by atoms with Crippen LogP contribution in [0.15, 0.2) is 147 Å². The van der Waals surface area contributed by atoms with E-state index in [4.69, 9.17) is 0 Å². The van der Waals surface area contributed by atoms with Gasteiger partial charge in [-0.25, -0.2) is 0 Å². The van der Waals surface area contributed by atoms with Crippen LogP contribution in [0.4, 0.5) is 0 Å². The maximum Gasteiger partial charge on any atom is 0.243 e. The Morgan fingerprint density at radius 1 is 0.467 bits per heavy atom. The van der Waals surface area contributed by atoms with E-state index in [-0.39, 0.29) is 11.8 Å². The van der Waals surface area contributed by atoms with Crippen LogP contribution in [0, 0.1) is 0 Å². The lowest BCUT2D eigenvalue weighted by Crippen LogP contribution is -2.32. The smallest absolute Gasteiger partial charge is 0.243 e. The molecule has 0 saturated carbocycles. The van der Waals surface area contributed by atoms with Crippen LogP contribution in [-0.4, -0.2) is 49.6 Å². The molecule has 0 saturated heterocycles. The van der Waals surface area contributed by atoms with E-state index < -0.39 is 14.5 Å². The van der Waals surface area contributed by atoms with Crippen molar-refractivity contribution in [3.05, 3.63) is 147 Å². The largest absolute Gasteiger partial charge is 0.352 e. The first-order valence-corrected chi connectivity index (χ1v) is 20.1. The van der Waals surface area contributed by atoms with E-state index in [1.54, 1.807) is 0 Å². The second-order valence-corrected chi connectivity index (χ2v) is 18.9. The Morgan fingerprint density at radius 2 is 0.733 bits per heavy atom. The highest BCUT2D eigenvalue weighted by atomic mass is 31.2. The molecule has 0 heterocycles. The van der Waals surface area contributed by atoms with E-state index in [9.17, 15) is 9.59 Å². The fraction of sp³-hybridized carbons (Fsp3) is 0.231. The van der Waals surface area contributed by atoms with Crippen LogP contribution >= 0.6 is 14.5 Å². The van der Waals surface area contributed by atoms with Crippen LogP contribution in [-0.2, 0) is 9.59 Å². The average molecular weight is 637 g/mol. The summed E-state index contributed by atoms with van der Waals surface area (Å²) in [4.78, 5) is 23.9. The molecule has 4 aromatic rings. The van der Waals surface area contributed by atoms with Crippen molar-refractivity contribution in [3.63, 3.8) is 0 Å². The Hall–Kier alpha value is -3.84. The van der Waals surface area contributed by atoms with Gasteiger partial charge in [-0.15, -0.1) is 0 Å². The van der Waals surface area contributed by atoms with Gasteiger partial charge in [-0.3, -0.25) is 9.59 Å². The van der Waals surface area contributed by atoms with Gasteiger partial charge in [-0.1, -0.05) is 86.0 Å². The van der Waals surface area contributed by atoms with Crippen molar-refractivity contribution in [1.82, 2.24) is 10.6 Å². The number of nitrogens with one attached hydrogen (secondary N) is 2. The van der Waals surface area contributed by atoms with Crippen molar-refractivity contribution in [3.8, 4) is 0 Å². The van der Waals surface area contributed by atoms with Crippen molar-refractivity contribution in [2.75, 3.05) is 37.7 Å². The summed E-state index contributed by atoms with van der Waals surface area (Å²) < 4.78 is 0. The van der Waals surface area contributed by atoms with Crippen molar-refractivity contribution in [1.29, 1.82) is 0 Å². The lowest BCUT2D eigenvalue weighted by atomic mass is 10.4. The Balaban J connectivity index is 1.70. The molecule has 0 radical (unpaired) electrons. The first-order valence-electron chi connectivity index (χ1n) is 15.8. The van der Waals surface area contributed by atoms with Crippen molar-refractivity contribution in [2.24, 2.45) is 0 Å². The molecule has 0 aliphatic heterocycles. The summed E-state index contributed by atoms with van der Waals surface area (Å²) in [5.74, 6) is -0.245. The van der Waals surface area contributed by atoms with E-state index >= 15 is 0 Å². The molecular formula is C39H46N2O2P2+2. The van der Waals surface area contributed by atoms with Gasteiger partial charge >= 0.3 is 0 Å².